The molecular formula is C16H25N3O4. The fraction of sp³-hybridized carbons (Fsp3) is 0.625. The van der Waals surface area contributed by atoms with E-state index in [0.29, 0.717) is 24.4 Å². The highest BCUT2D eigenvalue weighted by Gasteiger charge is 2.23. The van der Waals surface area contributed by atoms with Crippen molar-refractivity contribution in [1.29, 1.82) is 0 Å². The molecule has 0 radical (unpaired) electrons. The lowest BCUT2D eigenvalue weighted by Gasteiger charge is -2.18. The molecule has 7 heteroatoms. The number of nitrogens with zero attached hydrogens (tertiary/aromatic N) is 1. The minimum atomic E-state index is -0.959. The second kappa shape index (κ2) is 7.39. The lowest BCUT2D eigenvalue weighted by molar-refractivity contribution is -0.141. The highest BCUT2D eigenvalue weighted by Crippen LogP contribution is 2.17. The molecule has 1 atom stereocenters. The minimum Gasteiger partial charge on any atom is -0.481 e. The van der Waals surface area contributed by atoms with Crippen LogP contribution in [0.4, 0.5) is 0 Å². The van der Waals surface area contributed by atoms with Crippen LogP contribution >= 0.6 is 0 Å². The summed E-state index contributed by atoms with van der Waals surface area (Å²) in [5, 5.41) is 11.6. The largest absolute Gasteiger partial charge is 0.481 e. The van der Waals surface area contributed by atoms with Gasteiger partial charge in [-0.1, -0.05) is 34.1 Å². The molecule has 1 rings (SSSR count). The lowest BCUT2D eigenvalue weighted by atomic mass is 9.95. The van der Waals surface area contributed by atoms with E-state index < -0.39 is 23.4 Å². The van der Waals surface area contributed by atoms with Crippen LogP contribution in [0.15, 0.2) is 4.79 Å². The van der Waals surface area contributed by atoms with Crippen molar-refractivity contribution in [1.82, 2.24) is 15.3 Å². The van der Waals surface area contributed by atoms with Crippen molar-refractivity contribution in [3.05, 3.63) is 27.4 Å². The number of hydrogen-bond acceptors (Lipinski definition) is 4. The number of carboxylic acids is 1. The summed E-state index contributed by atoms with van der Waals surface area (Å²) in [5.41, 5.74) is -0.589. The van der Waals surface area contributed by atoms with Gasteiger partial charge in [0.25, 0.3) is 11.5 Å². The first-order valence-corrected chi connectivity index (χ1v) is 7.70. The molecule has 0 saturated carbocycles. The van der Waals surface area contributed by atoms with E-state index in [1.807, 2.05) is 27.7 Å². The number of aliphatic carboxylic acids is 1. The van der Waals surface area contributed by atoms with E-state index in [0.717, 1.165) is 0 Å². The zero-order valence-corrected chi connectivity index (χ0v) is 14.3. The molecular weight excluding hydrogens is 298 g/mol. The summed E-state index contributed by atoms with van der Waals surface area (Å²) >= 11 is 0. The van der Waals surface area contributed by atoms with Gasteiger partial charge in [-0.2, -0.15) is 0 Å². The zero-order valence-electron chi connectivity index (χ0n) is 14.3. The molecule has 1 aromatic rings. The van der Waals surface area contributed by atoms with Crippen LogP contribution in [0.25, 0.3) is 0 Å². The maximum absolute atomic E-state index is 12.2. The molecule has 1 aromatic heterocycles. The molecule has 0 fully saturated rings. The third kappa shape index (κ3) is 4.91. The summed E-state index contributed by atoms with van der Waals surface area (Å²) in [6.45, 7) is 9.19. The fourth-order valence-corrected chi connectivity index (χ4v) is 2.17. The number of carbonyl (C=O) groups excluding carboxylic acids is 1. The summed E-state index contributed by atoms with van der Waals surface area (Å²) in [6.07, 6.45) is 1.17. The smallest absolute Gasteiger partial charge is 0.308 e. The van der Waals surface area contributed by atoms with Crippen molar-refractivity contribution in [2.45, 2.75) is 52.9 Å². The van der Waals surface area contributed by atoms with Crippen LogP contribution in [0.5, 0.6) is 0 Å². The monoisotopic (exact) mass is 323 g/mol. The molecule has 1 unspecified atom stereocenters. The first-order valence-electron chi connectivity index (χ1n) is 7.70. The van der Waals surface area contributed by atoms with E-state index in [1.54, 1.807) is 6.92 Å². The number of aryl methyl sites for hydroxylation is 1. The standard InChI is InChI=1S/C16H25N3O4/c1-6-7-10(14(22)23)8-17-12(20)11-9(2)18-15(16(3,4)5)19-13(11)21/h10H,6-8H2,1-5H3,(H,17,20)(H,22,23)(H,18,19,21). The van der Waals surface area contributed by atoms with Crippen molar-refractivity contribution in [3.63, 3.8) is 0 Å². The fourth-order valence-electron chi connectivity index (χ4n) is 2.17. The number of rotatable bonds is 6. The molecule has 7 nitrogen and oxygen atoms in total. The van der Waals surface area contributed by atoms with E-state index in [4.69, 9.17) is 5.11 Å². The molecule has 0 aliphatic rings. The number of carboxylic acid groups (broad SMARTS) is 1. The van der Waals surface area contributed by atoms with Crippen molar-refractivity contribution in [2.75, 3.05) is 6.54 Å². The predicted molar refractivity (Wildman–Crippen MR) is 86.7 cm³/mol. The van der Waals surface area contributed by atoms with Gasteiger partial charge in [-0.25, -0.2) is 4.98 Å². The summed E-state index contributed by atoms with van der Waals surface area (Å²) < 4.78 is 0. The van der Waals surface area contributed by atoms with Gasteiger partial charge in [0, 0.05) is 12.0 Å². The Bertz CT molecular complexity index is 644. The molecule has 0 saturated heterocycles. The molecule has 128 valence electrons. The van der Waals surface area contributed by atoms with Crippen LogP contribution in [0.2, 0.25) is 0 Å². The molecule has 0 aromatic carbocycles. The molecule has 0 spiro atoms. The first kappa shape index (κ1) is 18.9. The first-order chi connectivity index (χ1) is 10.6. The normalized spacial score (nSPS) is 12.7. The van der Waals surface area contributed by atoms with Crippen LogP contribution in [0.3, 0.4) is 0 Å². The van der Waals surface area contributed by atoms with Crippen molar-refractivity contribution < 1.29 is 14.7 Å². The van der Waals surface area contributed by atoms with Crippen LogP contribution in [-0.4, -0.2) is 33.5 Å². The number of carbonyl (C=O) groups is 2. The second-order valence-corrected chi connectivity index (χ2v) is 6.66. The van der Waals surface area contributed by atoms with Crippen LogP contribution in [-0.2, 0) is 10.2 Å². The van der Waals surface area contributed by atoms with Crippen molar-refractivity contribution >= 4 is 11.9 Å². The van der Waals surface area contributed by atoms with Crippen LogP contribution in [0, 0.1) is 12.8 Å². The summed E-state index contributed by atoms with van der Waals surface area (Å²) in [7, 11) is 0. The van der Waals surface area contributed by atoms with Crippen molar-refractivity contribution in [2.24, 2.45) is 5.92 Å². The zero-order chi connectivity index (χ0) is 17.8. The molecule has 1 amide bonds. The van der Waals surface area contributed by atoms with Gasteiger partial charge >= 0.3 is 5.97 Å². The third-order valence-corrected chi connectivity index (χ3v) is 3.53. The average Bonchev–Trinajstić information content (AvgIpc) is 2.41. The topological polar surface area (TPSA) is 112 Å². The molecule has 23 heavy (non-hydrogen) atoms. The van der Waals surface area contributed by atoms with Gasteiger partial charge in [0.05, 0.1) is 11.6 Å². The number of hydrogen-bond donors (Lipinski definition) is 3. The Morgan fingerprint density at radius 3 is 2.39 bits per heavy atom. The minimum absolute atomic E-state index is 0.0120. The predicted octanol–water partition coefficient (Wildman–Crippen LogP) is 1.61. The Hall–Kier alpha value is -2.18. The molecule has 0 bridgehead atoms. The van der Waals surface area contributed by atoms with Crippen LogP contribution < -0.4 is 10.9 Å². The summed E-state index contributed by atoms with van der Waals surface area (Å²) in [5.74, 6) is -1.71. The Kier molecular flexibility index (Phi) is 6.06. The van der Waals surface area contributed by atoms with Gasteiger partial charge in [-0.15, -0.1) is 0 Å². The quantitative estimate of drug-likeness (QED) is 0.736. The van der Waals surface area contributed by atoms with Gasteiger partial charge in [0.15, 0.2) is 0 Å². The lowest BCUT2D eigenvalue weighted by Crippen LogP contribution is -2.37. The van der Waals surface area contributed by atoms with Gasteiger partial charge in [-0.05, 0) is 13.3 Å². The molecule has 0 aliphatic heterocycles. The average molecular weight is 323 g/mol. The number of aromatic nitrogens is 2. The van der Waals surface area contributed by atoms with Gasteiger partial charge < -0.3 is 15.4 Å². The van der Waals surface area contributed by atoms with Crippen LogP contribution in [0.1, 0.15) is 62.4 Å². The van der Waals surface area contributed by atoms with E-state index >= 15 is 0 Å². The highest BCUT2D eigenvalue weighted by atomic mass is 16.4. The van der Waals surface area contributed by atoms with E-state index in [9.17, 15) is 14.4 Å². The third-order valence-electron chi connectivity index (χ3n) is 3.53. The SMILES string of the molecule is CCCC(CNC(=O)c1c(C)nc(C(C)(C)C)[nH]c1=O)C(=O)O. The van der Waals surface area contributed by atoms with E-state index in [-0.39, 0.29) is 17.5 Å². The van der Waals surface area contributed by atoms with E-state index in [1.165, 1.54) is 0 Å². The van der Waals surface area contributed by atoms with Crippen molar-refractivity contribution in [3.8, 4) is 0 Å². The number of nitrogens with one attached hydrogen (secondary N) is 2. The maximum Gasteiger partial charge on any atom is 0.308 e. The Morgan fingerprint density at radius 2 is 1.96 bits per heavy atom. The summed E-state index contributed by atoms with van der Waals surface area (Å²) in [6, 6.07) is 0. The molecule has 3 N–H and O–H groups in total. The Labute approximate surface area is 135 Å². The number of aromatic amines is 1. The number of H-pyrrole nitrogens is 1. The Morgan fingerprint density at radius 1 is 1.35 bits per heavy atom. The van der Waals surface area contributed by atoms with Gasteiger partial charge in [0.1, 0.15) is 11.4 Å². The van der Waals surface area contributed by atoms with E-state index in [2.05, 4.69) is 15.3 Å². The summed E-state index contributed by atoms with van der Waals surface area (Å²) in [4.78, 5) is 42.4. The van der Waals surface area contributed by atoms with Gasteiger partial charge in [0.2, 0.25) is 0 Å². The molecule has 0 aliphatic carbocycles. The second-order valence-electron chi connectivity index (χ2n) is 6.66. The van der Waals surface area contributed by atoms with Gasteiger partial charge in [-0.3, -0.25) is 14.4 Å². The maximum atomic E-state index is 12.2. The Balaban J connectivity index is 2.97. The highest BCUT2D eigenvalue weighted by molar-refractivity contribution is 5.95. The molecule has 1 heterocycles. The number of amides is 1.